The number of rotatable bonds is 3. The zero-order valence-corrected chi connectivity index (χ0v) is 14.8. The molecule has 0 saturated carbocycles. The molecule has 3 aromatic rings. The molecule has 0 N–H and O–H groups in total. The summed E-state index contributed by atoms with van der Waals surface area (Å²) in [5.41, 5.74) is 2.47. The van der Waals surface area contributed by atoms with E-state index in [1.54, 1.807) is 17.2 Å². The quantitative estimate of drug-likeness (QED) is 0.723. The maximum Gasteiger partial charge on any atom is 0.158 e. The molecule has 1 aliphatic heterocycles. The van der Waals surface area contributed by atoms with Gasteiger partial charge in [-0.05, 0) is 30.7 Å². The number of hydrogen-bond acceptors (Lipinski definition) is 5. The van der Waals surface area contributed by atoms with Crippen LogP contribution in [0.5, 0.6) is 0 Å². The first-order valence-corrected chi connectivity index (χ1v) is 8.66. The second kappa shape index (κ2) is 6.72. The Morgan fingerprint density at radius 3 is 2.48 bits per heavy atom. The molecule has 3 heterocycles. The van der Waals surface area contributed by atoms with Crippen LogP contribution in [0.25, 0.3) is 5.82 Å². The monoisotopic (exact) mass is 354 g/mol. The van der Waals surface area contributed by atoms with Gasteiger partial charge in [0, 0.05) is 55.3 Å². The van der Waals surface area contributed by atoms with Crippen LogP contribution in [-0.2, 0) is 0 Å². The smallest absolute Gasteiger partial charge is 0.158 e. The predicted molar refractivity (Wildman–Crippen MR) is 99.8 cm³/mol. The van der Waals surface area contributed by atoms with Crippen molar-refractivity contribution in [1.29, 1.82) is 0 Å². The van der Waals surface area contributed by atoms with Crippen LogP contribution in [0.2, 0.25) is 5.02 Å². The number of anilines is 2. The summed E-state index contributed by atoms with van der Waals surface area (Å²) in [6, 6.07) is 9.92. The van der Waals surface area contributed by atoms with Crippen molar-refractivity contribution in [3.05, 3.63) is 59.6 Å². The van der Waals surface area contributed by atoms with E-state index in [0.29, 0.717) is 0 Å². The molecule has 128 valence electrons. The third-order valence-electron chi connectivity index (χ3n) is 4.49. The number of aryl methyl sites for hydroxylation is 1. The summed E-state index contributed by atoms with van der Waals surface area (Å²) in [6.45, 7) is 5.80. The zero-order chi connectivity index (χ0) is 17.2. The Balaban J connectivity index is 1.49. The highest BCUT2D eigenvalue weighted by atomic mass is 35.5. The Morgan fingerprint density at radius 1 is 0.960 bits per heavy atom. The van der Waals surface area contributed by atoms with Gasteiger partial charge in [0.2, 0.25) is 0 Å². The van der Waals surface area contributed by atoms with Crippen LogP contribution in [0.1, 0.15) is 5.56 Å². The Kier molecular flexibility index (Phi) is 4.28. The lowest BCUT2D eigenvalue weighted by Gasteiger charge is -2.37. The molecular formula is C18H19ClN6. The molecule has 4 rings (SSSR count). The lowest BCUT2D eigenvalue weighted by Crippen LogP contribution is -2.47. The van der Waals surface area contributed by atoms with E-state index in [0.717, 1.165) is 42.8 Å². The molecule has 1 aromatic carbocycles. The minimum Gasteiger partial charge on any atom is -0.368 e. The van der Waals surface area contributed by atoms with Gasteiger partial charge in [0.15, 0.2) is 5.82 Å². The third kappa shape index (κ3) is 3.30. The van der Waals surface area contributed by atoms with Crippen molar-refractivity contribution in [2.75, 3.05) is 36.0 Å². The molecule has 6 nitrogen and oxygen atoms in total. The van der Waals surface area contributed by atoms with Gasteiger partial charge < -0.3 is 9.80 Å². The fraction of sp³-hybridized carbons (Fsp3) is 0.278. The molecule has 0 bridgehead atoms. The first kappa shape index (κ1) is 15.9. The highest BCUT2D eigenvalue weighted by Gasteiger charge is 2.20. The average Bonchev–Trinajstić information content (AvgIpc) is 3.19. The lowest BCUT2D eigenvalue weighted by atomic mass is 10.1. The molecule has 25 heavy (non-hydrogen) atoms. The van der Waals surface area contributed by atoms with Gasteiger partial charge in [0.05, 0.1) is 0 Å². The fourth-order valence-electron chi connectivity index (χ4n) is 3.14. The maximum atomic E-state index is 6.16. The first-order valence-electron chi connectivity index (χ1n) is 8.29. The zero-order valence-electron chi connectivity index (χ0n) is 14.0. The highest BCUT2D eigenvalue weighted by molar-refractivity contribution is 6.30. The van der Waals surface area contributed by atoms with E-state index in [1.807, 2.05) is 30.5 Å². The molecule has 0 aliphatic carbocycles. The van der Waals surface area contributed by atoms with Gasteiger partial charge in [-0.2, -0.15) is 5.10 Å². The van der Waals surface area contributed by atoms with Crippen molar-refractivity contribution in [1.82, 2.24) is 19.7 Å². The highest BCUT2D eigenvalue weighted by Crippen LogP contribution is 2.26. The molecule has 0 amide bonds. The molecule has 1 aliphatic rings. The Hall–Kier alpha value is -2.60. The summed E-state index contributed by atoms with van der Waals surface area (Å²) in [5.74, 6) is 1.71. The van der Waals surface area contributed by atoms with Crippen LogP contribution in [0.4, 0.5) is 11.5 Å². The summed E-state index contributed by atoms with van der Waals surface area (Å²) >= 11 is 6.16. The summed E-state index contributed by atoms with van der Waals surface area (Å²) in [7, 11) is 0. The van der Waals surface area contributed by atoms with Crippen LogP contribution in [-0.4, -0.2) is 45.9 Å². The van der Waals surface area contributed by atoms with Gasteiger partial charge in [0.25, 0.3) is 0 Å². The molecule has 0 unspecified atom stereocenters. The topological polar surface area (TPSA) is 50.1 Å². The molecule has 7 heteroatoms. The summed E-state index contributed by atoms with van der Waals surface area (Å²) in [5, 5.41) is 5.01. The standard InChI is InChI=1S/C18H19ClN6/c1-14-3-4-15(19)11-16(14)23-7-9-24(10-8-23)17-12-18(21-13-20-17)25-6-2-5-22-25/h2-6,11-13H,7-10H2,1H3. The Morgan fingerprint density at radius 2 is 1.72 bits per heavy atom. The van der Waals surface area contributed by atoms with Crippen LogP contribution >= 0.6 is 11.6 Å². The van der Waals surface area contributed by atoms with E-state index in [1.165, 1.54) is 11.3 Å². The van der Waals surface area contributed by atoms with Gasteiger partial charge in [0.1, 0.15) is 12.1 Å². The lowest BCUT2D eigenvalue weighted by molar-refractivity contribution is 0.644. The number of piperazine rings is 1. The van der Waals surface area contributed by atoms with Gasteiger partial charge in [-0.25, -0.2) is 14.6 Å². The van der Waals surface area contributed by atoms with E-state index < -0.39 is 0 Å². The van der Waals surface area contributed by atoms with Crippen LogP contribution < -0.4 is 9.80 Å². The maximum absolute atomic E-state index is 6.16. The van der Waals surface area contributed by atoms with Gasteiger partial charge in [-0.15, -0.1) is 0 Å². The van der Waals surface area contributed by atoms with Crippen molar-refractivity contribution in [3.8, 4) is 5.82 Å². The normalized spacial score (nSPS) is 14.8. The molecule has 2 aromatic heterocycles. The second-order valence-corrected chi connectivity index (χ2v) is 6.53. The van der Waals surface area contributed by atoms with Crippen molar-refractivity contribution >= 4 is 23.1 Å². The van der Waals surface area contributed by atoms with Gasteiger partial charge >= 0.3 is 0 Å². The molecule has 1 saturated heterocycles. The Labute approximate surface area is 151 Å². The SMILES string of the molecule is Cc1ccc(Cl)cc1N1CCN(c2cc(-n3cccn3)ncn2)CC1. The van der Waals surface area contributed by atoms with Crippen LogP contribution in [0.15, 0.2) is 49.1 Å². The minimum atomic E-state index is 0.780. The number of benzene rings is 1. The fourth-order valence-corrected chi connectivity index (χ4v) is 3.31. The van der Waals surface area contributed by atoms with E-state index in [2.05, 4.69) is 37.9 Å². The van der Waals surface area contributed by atoms with Crippen molar-refractivity contribution < 1.29 is 0 Å². The number of hydrogen-bond donors (Lipinski definition) is 0. The summed E-state index contributed by atoms with van der Waals surface area (Å²) in [4.78, 5) is 13.4. The largest absolute Gasteiger partial charge is 0.368 e. The predicted octanol–water partition coefficient (Wildman–Crippen LogP) is 2.95. The van der Waals surface area contributed by atoms with E-state index >= 15 is 0 Å². The van der Waals surface area contributed by atoms with Gasteiger partial charge in [-0.3, -0.25) is 0 Å². The van der Waals surface area contributed by atoms with Gasteiger partial charge in [-0.1, -0.05) is 17.7 Å². The van der Waals surface area contributed by atoms with Crippen molar-refractivity contribution in [2.24, 2.45) is 0 Å². The molecular weight excluding hydrogens is 336 g/mol. The second-order valence-electron chi connectivity index (χ2n) is 6.09. The van der Waals surface area contributed by atoms with E-state index in [9.17, 15) is 0 Å². The summed E-state index contributed by atoms with van der Waals surface area (Å²) in [6.07, 6.45) is 5.22. The van der Waals surface area contributed by atoms with Crippen LogP contribution in [0.3, 0.4) is 0 Å². The van der Waals surface area contributed by atoms with Crippen molar-refractivity contribution in [3.63, 3.8) is 0 Å². The minimum absolute atomic E-state index is 0.780. The number of nitrogens with zero attached hydrogens (tertiary/aromatic N) is 6. The molecule has 1 fully saturated rings. The molecule has 0 atom stereocenters. The Bertz CT molecular complexity index is 856. The third-order valence-corrected chi connectivity index (χ3v) is 4.73. The van der Waals surface area contributed by atoms with Crippen molar-refractivity contribution in [2.45, 2.75) is 6.92 Å². The summed E-state index contributed by atoms with van der Waals surface area (Å²) < 4.78 is 1.75. The van der Waals surface area contributed by atoms with E-state index in [4.69, 9.17) is 11.6 Å². The van der Waals surface area contributed by atoms with E-state index in [-0.39, 0.29) is 0 Å². The molecule has 0 radical (unpaired) electrons. The first-order chi connectivity index (χ1) is 12.2. The number of halogens is 1. The number of aromatic nitrogens is 4. The molecule has 0 spiro atoms. The van der Waals surface area contributed by atoms with Crippen LogP contribution in [0, 0.1) is 6.92 Å². The average molecular weight is 355 g/mol.